The van der Waals surface area contributed by atoms with Gasteiger partial charge in [-0.05, 0) is 53.7 Å². The van der Waals surface area contributed by atoms with Crippen molar-refractivity contribution < 1.29 is 0 Å². The van der Waals surface area contributed by atoms with Crippen LogP contribution in [0.15, 0.2) is 91.0 Å². The summed E-state index contributed by atoms with van der Waals surface area (Å²) in [4.78, 5) is 6.43. The first-order valence-electron chi connectivity index (χ1n) is 11.1. The minimum absolute atomic E-state index is 0.205. The Kier molecular flexibility index (Phi) is 4.14. The molecule has 0 bridgehead atoms. The minimum Gasteiger partial charge on any atom is -0.358 e. The summed E-state index contributed by atoms with van der Waals surface area (Å²) < 4.78 is 0. The van der Waals surface area contributed by atoms with E-state index in [4.69, 9.17) is 0 Å². The lowest BCUT2D eigenvalue weighted by Gasteiger charge is -2.45. The molecule has 1 N–H and O–H groups in total. The van der Waals surface area contributed by atoms with Crippen molar-refractivity contribution in [1.82, 2.24) is 9.88 Å². The summed E-state index contributed by atoms with van der Waals surface area (Å²) in [6.07, 6.45) is 1.94. The monoisotopic (exact) mass is 402 g/mol. The van der Waals surface area contributed by atoms with Crippen LogP contribution in [0.2, 0.25) is 0 Å². The van der Waals surface area contributed by atoms with Gasteiger partial charge in [0.25, 0.3) is 0 Å². The smallest absolute Gasteiger partial charge is 0.0953 e. The average Bonchev–Trinajstić information content (AvgIpc) is 3.18. The summed E-state index contributed by atoms with van der Waals surface area (Å²) in [5, 5.41) is 1.37. The van der Waals surface area contributed by atoms with Gasteiger partial charge in [-0.3, -0.25) is 0 Å². The highest BCUT2D eigenvalue weighted by Crippen LogP contribution is 2.50. The van der Waals surface area contributed by atoms with E-state index in [1.807, 2.05) is 0 Å². The molecule has 0 saturated heterocycles. The van der Waals surface area contributed by atoms with E-state index in [9.17, 15) is 0 Å². The molecular weight excluding hydrogens is 376 g/mol. The third-order valence-corrected chi connectivity index (χ3v) is 6.71. The standard InChI is InChI=1S/C29H26N2/c1-19(2)18-25-21-12-6-7-14-24(21)29-27-23(22-13-8-9-15-26(22)30-27)16-17-31(29)28(25)20-10-4-3-5-11-20/h3-15,29-30H,1,16-18H2,2H3. The first-order chi connectivity index (χ1) is 15.2. The van der Waals surface area contributed by atoms with Crippen LogP contribution in [-0.2, 0) is 6.42 Å². The highest BCUT2D eigenvalue weighted by atomic mass is 15.2. The van der Waals surface area contributed by atoms with Crippen molar-refractivity contribution >= 4 is 22.2 Å². The van der Waals surface area contributed by atoms with E-state index in [-0.39, 0.29) is 6.04 Å². The van der Waals surface area contributed by atoms with Crippen molar-refractivity contribution in [3.8, 4) is 0 Å². The number of aromatic nitrogens is 1. The molecule has 0 saturated carbocycles. The maximum atomic E-state index is 4.26. The van der Waals surface area contributed by atoms with E-state index in [1.54, 1.807) is 0 Å². The fourth-order valence-electron chi connectivity index (χ4n) is 5.53. The van der Waals surface area contributed by atoms with Gasteiger partial charge in [-0.25, -0.2) is 0 Å². The van der Waals surface area contributed by atoms with Gasteiger partial charge in [0, 0.05) is 28.8 Å². The second-order valence-corrected chi connectivity index (χ2v) is 8.82. The van der Waals surface area contributed by atoms with Crippen molar-refractivity contribution in [3.63, 3.8) is 0 Å². The molecule has 0 spiro atoms. The number of hydrogen-bond acceptors (Lipinski definition) is 1. The van der Waals surface area contributed by atoms with Crippen molar-refractivity contribution in [1.29, 1.82) is 0 Å². The number of aromatic amines is 1. The molecule has 2 aliphatic heterocycles. The topological polar surface area (TPSA) is 19.0 Å². The molecule has 2 nitrogen and oxygen atoms in total. The van der Waals surface area contributed by atoms with E-state index in [0.29, 0.717) is 0 Å². The molecule has 0 radical (unpaired) electrons. The van der Waals surface area contributed by atoms with Gasteiger partial charge in [0.2, 0.25) is 0 Å². The predicted octanol–water partition coefficient (Wildman–Crippen LogP) is 6.96. The van der Waals surface area contributed by atoms with Gasteiger partial charge < -0.3 is 9.88 Å². The molecule has 6 rings (SSSR count). The van der Waals surface area contributed by atoms with Crippen molar-refractivity contribution in [2.75, 3.05) is 6.54 Å². The summed E-state index contributed by atoms with van der Waals surface area (Å²) in [5.74, 6) is 0. The van der Waals surface area contributed by atoms with Gasteiger partial charge in [0.05, 0.1) is 6.04 Å². The molecule has 1 unspecified atom stereocenters. The summed E-state index contributed by atoms with van der Waals surface area (Å²) >= 11 is 0. The third-order valence-electron chi connectivity index (χ3n) is 6.71. The van der Waals surface area contributed by atoms with E-state index in [1.165, 1.54) is 55.7 Å². The number of para-hydroxylation sites is 1. The Labute approximate surface area is 183 Å². The quantitative estimate of drug-likeness (QED) is 0.367. The molecule has 2 heteroatoms. The Hall–Kier alpha value is -3.52. The normalized spacial score (nSPS) is 17.3. The van der Waals surface area contributed by atoms with E-state index < -0.39 is 0 Å². The van der Waals surface area contributed by atoms with Gasteiger partial charge in [-0.15, -0.1) is 0 Å². The average molecular weight is 403 g/mol. The fourth-order valence-corrected chi connectivity index (χ4v) is 5.53. The highest BCUT2D eigenvalue weighted by Gasteiger charge is 2.39. The first-order valence-corrected chi connectivity index (χ1v) is 11.1. The Bertz CT molecular complexity index is 1340. The van der Waals surface area contributed by atoms with Crippen LogP contribution < -0.4 is 0 Å². The Morgan fingerprint density at radius 3 is 2.55 bits per heavy atom. The van der Waals surface area contributed by atoms with E-state index >= 15 is 0 Å². The fraction of sp³-hybridized carbons (Fsp3) is 0.172. The molecule has 31 heavy (non-hydrogen) atoms. The van der Waals surface area contributed by atoms with Crippen LogP contribution in [0.25, 0.3) is 22.2 Å². The van der Waals surface area contributed by atoms with Crippen LogP contribution >= 0.6 is 0 Å². The van der Waals surface area contributed by atoms with Crippen LogP contribution in [0.3, 0.4) is 0 Å². The molecule has 0 aliphatic carbocycles. The van der Waals surface area contributed by atoms with Crippen LogP contribution in [0.1, 0.15) is 47.3 Å². The van der Waals surface area contributed by atoms with Gasteiger partial charge in [-0.2, -0.15) is 0 Å². The second-order valence-electron chi connectivity index (χ2n) is 8.82. The summed E-state index contributed by atoms with van der Waals surface area (Å²) in [6.45, 7) is 7.41. The largest absolute Gasteiger partial charge is 0.358 e. The molecule has 0 fully saturated rings. The SMILES string of the molecule is C=C(C)CC1=C(c2ccccc2)N2CCc3c([nH]c4ccccc34)C2c2ccccc21. The minimum atomic E-state index is 0.205. The molecular formula is C29H26N2. The number of hydrogen-bond donors (Lipinski definition) is 1. The molecule has 1 atom stereocenters. The van der Waals surface area contributed by atoms with Gasteiger partial charge in [0.15, 0.2) is 0 Å². The molecule has 0 amide bonds. The molecule has 152 valence electrons. The zero-order valence-corrected chi connectivity index (χ0v) is 17.9. The lowest BCUT2D eigenvalue weighted by Crippen LogP contribution is -2.38. The number of allylic oxidation sites excluding steroid dienone is 2. The molecule has 3 heterocycles. The number of nitrogens with one attached hydrogen (secondary N) is 1. The number of fused-ring (bicyclic) bond motifs is 7. The highest BCUT2D eigenvalue weighted by molar-refractivity contribution is 5.95. The van der Waals surface area contributed by atoms with Gasteiger partial charge in [-0.1, -0.05) is 84.9 Å². The molecule has 3 aromatic carbocycles. The second kappa shape index (κ2) is 7.02. The predicted molar refractivity (Wildman–Crippen MR) is 130 cm³/mol. The zero-order valence-electron chi connectivity index (χ0n) is 17.9. The van der Waals surface area contributed by atoms with Crippen LogP contribution in [0, 0.1) is 0 Å². The van der Waals surface area contributed by atoms with E-state index in [2.05, 4.69) is 102 Å². The summed E-state index contributed by atoms with van der Waals surface area (Å²) in [7, 11) is 0. The van der Waals surface area contributed by atoms with E-state index in [0.717, 1.165) is 19.4 Å². The lowest BCUT2D eigenvalue weighted by atomic mass is 9.80. The maximum Gasteiger partial charge on any atom is 0.0953 e. The number of rotatable bonds is 3. The molecule has 1 aromatic heterocycles. The Morgan fingerprint density at radius 1 is 0.968 bits per heavy atom. The third kappa shape index (κ3) is 2.79. The number of benzene rings is 3. The zero-order chi connectivity index (χ0) is 20.9. The van der Waals surface area contributed by atoms with Crippen LogP contribution in [-0.4, -0.2) is 16.4 Å². The molecule has 4 aromatic rings. The molecule has 2 aliphatic rings. The van der Waals surface area contributed by atoms with Crippen molar-refractivity contribution in [3.05, 3.63) is 119 Å². The first kappa shape index (κ1) is 18.3. The summed E-state index contributed by atoms with van der Waals surface area (Å²) in [6, 6.07) is 28.8. The Balaban J connectivity index is 1.65. The van der Waals surface area contributed by atoms with Crippen LogP contribution in [0.5, 0.6) is 0 Å². The Morgan fingerprint density at radius 2 is 1.71 bits per heavy atom. The number of nitrogens with zero attached hydrogens (tertiary/aromatic N) is 1. The van der Waals surface area contributed by atoms with Crippen molar-refractivity contribution in [2.24, 2.45) is 0 Å². The summed E-state index contributed by atoms with van der Waals surface area (Å²) in [5.41, 5.74) is 12.1. The number of H-pyrrole nitrogens is 1. The van der Waals surface area contributed by atoms with Gasteiger partial charge >= 0.3 is 0 Å². The van der Waals surface area contributed by atoms with Crippen molar-refractivity contribution in [2.45, 2.75) is 25.8 Å². The lowest BCUT2D eigenvalue weighted by molar-refractivity contribution is 0.312. The van der Waals surface area contributed by atoms with Crippen LogP contribution in [0.4, 0.5) is 0 Å². The van der Waals surface area contributed by atoms with Gasteiger partial charge in [0.1, 0.15) is 0 Å². The maximum absolute atomic E-state index is 4.26.